The summed E-state index contributed by atoms with van der Waals surface area (Å²) in [5, 5.41) is 9.34. The summed E-state index contributed by atoms with van der Waals surface area (Å²) in [6, 6.07) is 8.42. The van der Waals surface area contributed by atoms with Crippen LogP contribution >= 0.6 is 0 Å². The lowest BCUT2D eigenvalue weighted by Crippen LogP contribution is -2.45. The Labute approximate surface area is 184 Å². The zero-order chi connectivity index (χ0) is 22.4. The van der Waals surface area contributed by atoms with E-state index in [9.17, 15) is 23.1 Å². The van der Waals surface area contributed by atoms with Crippen LogP contribution in [0.25, 0.3) is 0 Å². The van der Waals surface area contributed by atoms with Gasteiger partial charge in [-0.05, 0) is 56.3 Å². The summed E-state index contributed by atoms with van der Waals surface area (Å²) in [5.74, 6) is -0.769. The molecule has 172 valence electrons. The molecule has 8 nitrogen and oxygen atoms in total. The summed E-state index contributed by atoms with van der Waals surface area (Å²) in [4.78, 5) is 27.5. The van der Waals surface area contributed by atoms with E-state index in [2.05, 4.69) is 4.90 Å². The zero-order valence-corrected chi connectivity index (χ0v) is 19.0. The number of carbonyl (C=O) groups is 2. The van der Waals surface area contributed by atoms with Crippen molar-refractivity contribution in [1.29, 1.82) is 0 Å². The molecule has 0 aromatic heterocycles. The first kappa shape index (κ1) is 23.7. The lowest BCUT2D eigenvalue weighted by molar-refractivity contribution is -0.139. The molecule has 2 heterocycles. The van der Waals surface area contributed by atoms with Gasteiger partial charge in [0, 0.05) is 46.1 Å². The average molecular weight is 452 g/mol. The van der Waals surface area contributed by atoms with Gasteiger partial charge in [-0.15, -0.1) is 0 Å². The fourth-order valence-corrected chi connectivity index (χ4v) is 6.22. The van der Waals surface area contributed by atoms with Crippen LogP contribution in [-0.2, 0) is 19.6 Å². The van der Waals surface area contributed by atoms with Crippen molar-refractivity contribution in [2.24, 2.45) is 11.8 Å². The minimum absolute atomic E-state index is 0.00417. The summed E-state index contributed by atoms with van der Waals surface area (Å²) in [6.45, 7) is 6.23. The van der Waals surface area contributed by atoms with E-state index in [1.165, 1.54) is 4.31 Å². The van der Waals surface area contributed by atoms with Crippen molar-refractivity contribution in [3.8, 4) is 0 Å². The summed E-state index contributed by atoms with van der Waals surface area (Å²) < 4.78 is 27.7. The maximum Gasteiger partial charge on any atom is 0.303 e. The van der Waals surface area contributed by atoms with E-state index in [-0.39, 0.29) is 29.1 Å². The summed E-state index contributed by atoms with van der Waals surface area (Å²) in [5.41, 5.74) is 0. The second-order valence-electron chi connectivity index (χ2n) is 8.57. The van der Waals surface area contributed by atoms with E-state index >= 15 is 0 Å². The van der Waals surface area contributed by atoms with E-state index in [0.717, 1.165) is 39.0 Å². The smallest absolute Gasteiger partial charge is 0.303 e. The Morgan fingerprint density at radius 3 is 2.45 bits per heavy atom. The Morgan fingerprint density at radius 2 is 1.77 bits per heavy atom. The number of carboxylic acid groups (broad SMARTS) is 1. The molecule has 2 saturated heterocycles. The van der Waals surface area contributed by atoms with Crippen molar-refractivity contribution in [2.75, 3.05) is 45.8 Å². The molecule has 2 aliphatic heterocycles. The van der Waals surface area contributed by atoms with Gasteiger partial charge < -0.3 is 14.9 Å². The van der Waals surface area contributed by atoms with Crippen LogP contribution in [0.15, 0.2) is 35.2 Å². The maximum absolute atomic E-state index is 13.1. The van der Waals surface area contributed by atoms with Gasteiger partial charge in [0.15, 0.2) is 0 Å². The van der Waals surface area contributed by atoms with Gasteiger partial charge in [0.1, 0.15) is 0 Å². The number of amides is 1. The molecule has 0 radical (unpaired) electrons. The van der Waals surface area contributed by atoms with Crippen molar-refractivity contribution in [3.05, 3.63) is 30.3 Å². The van der Waals surface area contributed by atoms with E-state index in [1.807, 2.05) is 4.90 Å². The number of carboxylic acids is 1. The Hall–Kier alpha value is -1.97. The highest BCUT2D eigenvalue weighted by Crippen LogP contribution is 2.32. The first-order valence-electron chi connectivity index (χ1n) is 11.0. The molecule has 0 saturated carbocycles. The second-order valence-corrected chi connectivity index (χ2v) is 10.5. The highest BCUT2D eigenvalue weighted by molar-refractivity contribution is 7.89. The van der Waals surface area contributed by atoms with Crippen molar-refractivity contribution < 1.29 is 23.1 Å². The molecule has 0 unspecified atom stereocenters. The number of carbonyl (C=O) groups excluding carboxylic acids is 1. The molecule has 0 bridgehead atoms. The van der Waals surface area contributed by atoms with Crippen molar-refractivity contribution in [1.82, 2.24) is 14.1 Å². The molecule has 1 N–H and O–H groups in total. The van der Waals surface area contributed by atoms with Crippen LogP contribution < -0.4 is 0 Å². The van der Waals surface area contributed by atoms with E-state index in [4.69, 9.17) is 0 Å². The van der Waals surface area contributed by atoms with Crippen LogP contribution in [0.4, 0.5) is 0 Å². The number of hydrogen-bond donors (Lipinski definition) is 1. The van der Waals surface area contributed by atoms with E-state index in [0.29, 0.717) is 26.1 Å². The molecule has 3 rings (SSSR count). The van der Waals surface area contributed by atoms with Gasteiger partial charge in [-0.3, -0.25) is 9.59 Å². The highest BCUT2D eigenvalue weighted by Gasteiger charge is 2.36. The number of piperidine rings is 1. The summed E-state index contributed by atoms with van der Waals surface area (Å²) in [6.07, 6.45) is 2.29. The molecule has 2 atom stereocenters. The third-order valence-electron chi connectivity index (χ3n) is 6.52. The minimum Gasteiger partial charge on any atom is -0.481 e. The number of hydrogen-bond acceptors (Lipinski definition) is 5. The topological polar surface area (TPSA) is 98.2 Å². The highest BCUT2D eigenvalue weighted by atomic mass is 32.2. The quantitative estimate of drug-likeness (QED) is 0.678. The molecular formula is C22H33N3O5S. The second kappa shape index (κ2) is 10.6. The Balaban J connectivity index is 1.66. The van der Waals surface area contributed by atoms with Gasteiger partial charge in [-0.1, -0.05) is 18.2 Å². The van der Waals surface area contributed by atoms with E-state index in [1.54, 1.807) is 37.3 Å². The molecule has 2 fully saturated rings. The van der Waals surface area contributed by atoms with Gasteiger partial charge in [-0.25, -0.2) is 8.42 Å². The van der Waals surface area contributed by atoms with Crippen molar-refractivity contribution >= 4 is 21.9 Å². The van der Waals surface area contributed by atoms with Crippen LogP contribution in [0.1, 0.15) is 32.6 Å². The van der Waals surface area contributed by atoms with Gasteiger partial charge >= 0.3 is 5.97 Å². The predicted octanol–water partition coefficient (Wildman–Crippen LogP) is 1.73. The van der Waals surface area contributed by atoms with Crippen LogP contribution in [0.3, 0.4) is 0 Å². The monoisotopic (exact) mass is 451 g/mol. The lowest BCUT2D eigenvalue weighted by atomic mass is 9.82. The fourth-order valence-electron chi connectivity index (χ4n) is 4.69. The number of nitrogens with zero attached hydrogens (tertiary/aromatic N) is 3. The number of sulfonamides is 1. The molecule has 31 heavy (non-hydrogen) atoms. The van der Waals surface area contributed by atoms with Gasteiger partial charge in [0.2, 0.25) is 15.9 Å². The molecule has 9 heteroatoms. The van der Waals surface area contributed by atoms with Crippen molar-refractivity contribution in [2.45, 2.75) is 37.5 Å². The SMILES string of the molecule is CC(=O)N1CCCN(CC[C@@H]2CN(S(=O)(=O)c3ccccc3)CC[C@H]2CC(=O)O)CC1. The predicted molar refractivity (Wildman–Crippen MR) is 117 cm³/mol. The Kier molecular flexibility index (Phi) is 8.07. The molecule has 2 aliphatic rings. The van der Waals surface area contributed by atoms with Gasteiger partial charge in [-0.2, -0.15) is 4.31 Å². The van der Waals surface area contributed by atoms with Crippen LogP contribution in [0.2, 0.25) is 0 Å². The first-order chi connectivity index (χ1) is 14.8. The molecule has 0 aliphatic carbocycles. The summed E-state index contributed by atoms with van der Waals surface area (Å²) >= 11 is 0. The molecule has 0 spiro atoms. The molecule has 1 aromatic rings. The largest absolute Gasteiger partial charge is 0.481 e. The standard InChI is InChI=1S/C22H33N3O5S/c1-18(26)24-11-5-10-23(14-15-24)12-8-20-17-25(13-9-19(20)16-22(27)28)31(29,30)21-6-3-2-4-7-21/h2-4,6-7,19-20H,5,8-17H2,1H3,(H,27,28)/t19-,20+/m0/s1. The Bertz CT molecular complexity index is 861. The van der Waals surface area contributed by atoms with E-state index < -0.39 is 16.0 Å². The maximum atomic E-state index is 13.1. The van der Waals surface area contributed by atoms with Crippen LogP contribution in [0.5, 0.6) is 0 Å². The first-order valence-corrected chi connectivity index (χ1v) is 12.5. The zero-order valence-electron chi connectivity index (χ0n) is 18.1. The normalized spacial score (nSPS) is 24.0. The van der Waals surface area contributed by atoms with Crippen LogP contribution in [-0.4, -0.2) is 85.3 Å². The average Bonchev–Trinajstić information content (AvgIpc) is 2.99. The molecule has 1 aromatic carbocycles. The van der Waals surface area contributed by atoms with Crippen LogP contribution in [0, 0.1) is 11.8 Å². The number of benzene rings is 1. The lowest BCUT2D eigenvalue weighted by Gasteiger charge is -2.38. The third kappa shape index (κ3) is 6.27. The minimum atomic E-state index is -3.58. The van der Waals surface area contributed by atoms with Gasteiger partial charge in [0.25, 0.3) is 0 Å². The molecular weight excluding hydrogens is 418 g/mol. The number of aliphatic carboxylic acids is 1. The fraction of sp³-hybridized carbons (Fsp3) is 0.636. The van der Waals surface area contributed by atoms with Gasteiger partial charge in [0.05, 0.1) is 4.90 Å². The van der Waals surface area contributed by atoms with Crippen molar-refractivity contribution in [3.63, 3.8) is 0 Å². The summed E-state index contributed by atoms with van der Waals surface area (Å²) in [7, 11) is -3.58. The number of rotatable bonds is 7. The Morgan fingerprint density at radius 1 is 1.03 bits per heavy atom. The molecule has 1 amide bonds. The third-order valence-corrected chi connectivity index (χ3v) is 8.40.